The van der Waals surface area contributed by atoms with Crippen LogP contribution in [0.15, 0.2) is 0 Å². The summed E-state index contributed by atoms with van der Waals surface area (Å²) in [7, 11) is -4.48. The molecule has 100 valence electrons. The zero-order valence-corrected chi connectivity index (χ0v) is 10.6. The van der Waals surface area contributed by atoms with Gasteiger partial charge in [0.1, 0.15) is 0 Å². The van der Waals surface area contributed by atoms with Crippen molar-refractivity contribution in [2.24, 2.45) is 11.8 Å². The van der Waals surface area contributed by atoms with E-state index in [0.717, 1.165) is 0 Å². The molecule has 17 heavy (non-hydrogen) atoms. The van der Waals surface area contributed by atoms with E-state index in [9.17, 15) is 18.0 Å². The van der Waals surface area contributed by atoms with E-state index >= 15 is 0 Å². The molecule has 8 heteroatoms. The molecule has 0 amide bonds. The number of esters is 1. The van der Waals surface area contributed by atoms with Gasteiger partial charge >= 0.3 is 22.1 Å². The zero-order valence-electron chi connectivity index (χ0n) is 9.78. The Balaban J connectivity index is 4.69. The highest BCUT2D eigenvalue weighted by Gasteiger charge is 2.32. The summed E-state index contributed by atoms with van der Waals surface area (Å²) in [6.07, 6.45) is -0.112. The van der Waals surface area contributed by atoms with E-state index in [1.807, 2.05) is 0 Å². The molecular weight excluding hydrogens is 252 g/mol. The monoisotopic (exact) mass is 268 g/mol. The highest BCUT2D eigenvalue weighted by atomic mass is 32.2. The molecule has 0 aliphatic carbocycles. The summed E-state index contributed by atoms with van der Waals surface area (Å²) < 4.78 is 34.9. The third-order valence-corrected chi connectivity index (χ3v) is 3.52. The number of carboxylic acid groups (broad SMARTS) is 1. The molecule has 0 radical (unpaired) electrons. The summed E-state index contributed by atoms with van der Waals surface area (Å²) in [5.74, 6) is -4.15. The van der Waals surface area contributed by atoms with Crippen LogP contribution in [0.1, 0.15) is 27.2 Å². The van der Waals surface area contributed by atoms with E-state index in [-0.39, 0.29) is 6.42 Å². The van der Waals surface area contributed by atoms with Gasteiger partial charge in [-0.15, -0.1) is 0 Å². The Kier molecular flexibility index (Phi) is 5.56. The average Bonchev–Trinajstić information content (AvgIpc) is 2.21. The van der Waals surface area contributed by atoms with Crippen LogP contribution in [0.3, 0.4) is 0 Å². The van der Waals surface area contributed by atoms with Gasteiger partial charge in [-0.25, -0.2) is 0 Å². The van der Waals surface area contributed by atoms with E-state index in [4.69, 9.17) is 9.66 Å². The number of rotatable bonds is 6. The van der Waals surface area contributed by atoms with Crippen molar-refractivity contribution in [3.05, 3.63) is 0 Å². The third-order valence-electron chi connectivity index (χ3n) is 2.42. The SMILES string of the molecule is CCC(OC(=O)C(C)C(C)C(=O)O)S(=O)(=O)O. The number of hydrogen-bond donors (Lipinski definition) is 2. The van der Waals surface area contributed by atoms with Crippen LogP contribution < -0.4 is 0 Å². The number of ether oxygens (including phenoxy) is 1. The predicted molar refractivity (Wildman–Crippen MR) is 57.7 cm³/mol. The van der Waals surface area contributed by atoms with Crippen LogP contribution in [0, 0.1) is 11.8 Å². The largest absolute Gasteiger partial charge is 0.481 e. The molecule has 7 nitrogen and oxygen atoms in total. The number of carbonyl (C=O) groups excluding carboxylic acids is 1. The van der Waals surface area contributed by atoms with Crippen molar-refractivity contribution in [3.63, 3.8) is 0 Å². The summed E-state index contributed by atoms with van der Waals surface area (Å²) in [5, 5.41) is 8.68. The fraction of sp³-hybridized carbons (Fsp3) is 0.778. The first-order valence-corrected chi connectivity index (χ1v) is 6.51. The number of carboxylic acids is 1. The normalized spacial score (nSPS) is 16.9. The van der Waals surface area contributed by atoms with Gasteiger partial charge in [0.25, 0.3) is 0 Å². The quantitative estimate of drug-likeness (QED) is 0.532. The molecule has 0 fully saturated rings. The lowest BCUT2D eigenvalue weighted by Crippen LogP contribution is -2.33. The van der Waals surface area contributed by atoms with E-state index in [2.05, 4.69) is 4.74 Å². The van der Waals surface area contributed by atoms with Gasteiger partial charge in [0.2, 0.25) is 5.44 Å². The Hall–Kier alpha value is -1.15. The van der Waals surface area contributed by atoms with Crippen LogP contribution in [0.5, 0.6) is 0 Å². The molecule has 0 aliphatic heterocycles. The van der Waals surface area contributed by atoms with Crippen molar-refractivity contribution in [1.82, 2.24) is 0 Å². The maximum Gasteiger partial charge on any atom is 0.310 e. The smallest absolute Gasteiger partial charge is 0.310 e. The Bertz CT molecular complexity index is 386. The molecule has 0 aliphatic rings. The summed E-state index contributed by atoms with van der Waals surface area (Å²) >= 11 is 0. The Morgan fingerprint density at radius 2 is 1.71 bits per heavy atom. The number of hydrogen-bond acceptors (Lipinski definition) is 5. The molecule has 3 unspecified atom stereocenters. The van der Waals surface area contributed by atoms with Gasteiger partial charge in [0.15, 0.2) is 0 Å². The molecule has 0 aromatic heterocycles. The van der Waals surface area contributed by atoms with Crippen LogP contribution >= 0.6 is 0 Å². The van der Waals surface area contributed by atoms with Crippen LogP contribution in [0.4, 0.5) is 0 Å². The molecular formula is C9H16O7S. The van der Waals surface area contributed by atoms with Gasteiger partial charge in [0.05, 0.1) is 11.8 Å². The Labute approximate surface area is 99.5 Å². The maximum atomic E-state index is 11.4. The molecule has 2 N–H and O–H groups in total. The second-order valence-electron chi connectivity index (χ2n) is 3.71. The van der Waals surface area contributed by atoms with E-state index in [1.165, 1.54) is 20.8 Å². The first-order valence-electron chi connectivity index (χ1n) is 5.00. The fourth-order valence-corrected chi connectivity index (χ4v) is 1.65. The minimum atomic E-state index is -4.48. The van der Waals surface area contributed by atoms with E-state index in [0.29, 0.717) is 0 Å². The molecule has 0 saturated carbocycles. The molecule has 0 bridgehead atoms. The summed E-state index contributed by atoms with van der Waals surface area (Å²) in [5.41, 5.74) is -1.65. The van der Waals surface area contributed by atoms with Gasteiger partial charge < -0.3 is 9.84 Å². The number of carbonyl (C=O) groups is 2. The Morgan fingerprint density at radius 3 is 2.00 bits per heavy atom. The van der Waals surface area contributed by atoms with Gasteiger partial charge in [-0.05, 0) is 6.42 Å². The molecule has 0 rings (SSSR count). The van der Waals surface area contributed by atoms with Gasteiger partial charge in [-0.3, -0.25) is 14.1 Å². The maximum absolute atomic E-state index is 11.4. The van der Waals surface area contributed by atoms with Crippen LogP contribution in [-0.2, 0) is 24.4 Å². The predicted octanol–water partition coefficient (Wildman–Crippen LogP) is 0.510. The second-order valence-corrected chi connectivity index (χ2v) is 5.26. The molecule has 0 aromatic carbocycles. The van der Waals surface area contributed by atoms with Crippen molar-refractivity contribution in [2.45, 2.75) is 32.6 Å². The molecule has 3 atom stereocenters. The van der Waals surface area contributed by atoms with Gasteiger partial charge in [0, 0.05) is 0 Å². The molecule has 0 heterocycles. The van der Waals surface area contributed by atoms with E-state index in [1.54, 1.807) is 0 Å². The highest BCUT2D eigenvalue weighted by Crippen LogP contribution is 2.16. The Morgan fingerprint density at radius 1 is 1.24 bits per heavy atom. The molecule has 0 saturated heterocycles. The minimum Gasteiger partial charge on any atom is -0.481 e. The standard InChI is InChI=1S/C9H16O7S/c1-4-7(17(13,14)15)16-9(12)6(3)5(2)8(10)11/h5-7H,4H2,1-3H3,(H,10,11)(H,13,14,15). The van der Waals surface area contributed by atoms with E-state index < -0.39 is 39.3 Å². The van der Waals surface area contributed by atoms with Crippen molar-refractivity contribution in [3.8, 4) is 0 Å². The third kappa shape index (κ3) is 4.70. The second kappa shape index (κ2) is 5.97. The van der Waals surface area contributed by atoms with Crippen LogP contribution in [0.25, 0.3) is 0 Å². The summed E-state index contributed by atoms with van der Waals surface area (Å²) in [4.78, 5) is 22.1. The lowest BCUT2D eigenvalue weighted by molar-refractivity contribution is -0.157. The summed E-state index contributed by atoms with van der Waals surface area (Å²) in [6.45, 7) is 4.04. The number of aliphatic carboxylic acids is 1. The van der Waals surface area contributed by atoms with Gasteiger partial charge in [-0.2, -0.15) is 8.42 Å². The first kappa shape index (κ1) is 15.9. The summed E-state index contributed by atoms with van der Waals surface area (Å²) in [6, 6.07) is 0. The first-order chi connectivity index (χ1) is 7.61. The van der Waals surface area contributed by atoms with Crippen LogP contribution in [-0.4, -0.2) is 35.5 Å². The molecule has 0 aromatic rings. The zero-order chi connectivity index (χ0) is 13.8. The lowest BCUT2D eigenvalue weighted by Gasteiger charge is -2.18. The minimum absolute atomic E-state index is 0.112. The van der Waals surface area contributed by atoms with Crippen molar-refractivity contribution < 1.29 is 32.4 Å². The highest BCUT2D eigenvalue weighted by molar-refractivity contribution is 7.86. The van der Waals surface area contributed by atoms with Crippen molar-refractivity contribution >= 4 is 22.1 Å². The van der Waals surface area contributed by atoms with Crippen LogP contribution in [0.2, 0.25) is 0 Å². The van der Waals surface area contributed by atoms with Gasteiger partial charge in [-0.1, -0.05) is 20.8 Å². The topological polar surface area (TPSA) is 118 Å². The average molecular weight is 268 g/mol. The fourth-order valence-electron chi connectivity index (χ4n) is 1.01. The lowest BCUT2D eigenvalue weighted by atomic mass is 9.96. The van der Waals surface area contributed by atoms with Crippen molar-refractivity contribution in [1.29, 1.82) is 0 Å². The molecule has 0 spiro atoms. The van der Waals surface area contributed by atoms with Crippen molar-refractivity contribution in [2.75, 3.05) is 0 Å².